The molecule has 22 heavy (non-hydrogen) atoms. The molecule has 1 saturated heterocycles. The molecule has 0 spiro atoms. The molecule has 6 nitrogen and oxygen atoms in total. The Morgan fingerprint density at radius 2 is 2.36 bits per heavy atom. The summed E-state index contributed by atoms with van der Waals surface area (Å²) in [5.41, 5.74) is 0.643. The number of fused-ring (bicyclic) bond motifs is 1. The lowest BCUT2D eigenvalue weighted by Gasteiger charge is -2.43. The lowest BCUT2D eigenvalue weighted by Crippen LogP contribution is -2.51. The first-order chi connectivity index (χ1) is 10.6. The number of nitriles is 1. The average molecular weight is 316 g/mol. The van der Waals surface area contributed by atoms with Crippen molar-refractivity contribution in [2.24, 2.45) is 0 Å². The molecule has 2 atom stereocenters. The summed E-state index contributed by atoms with van der Waals surface area (Å²) in [4.78, 5) is 24.2. The number of nitrogens with zero attached hydrogens (tertiary/aromatic N) is 2. The van der Waals surface area contributed by atoms with E-state index in [1.807, 2.05) is 6.07 Å². The first-order valence-corrected chi connectivity index (χ1v) is 7.57. The van der Waals surface area contributed by atoms with Crippen LogP contribution in [0.25, 0.3) is 0 Å². The molecule has 7 heteroatoms. The number of thioether (sulfide) groups is 1. The van der Waals surface area contributed by atoms with Crippen LogP contribution < -0.4 is 4.74 Å². The smallest absolute Gasteiger partial charge is 0.334 e. The van der Waals surface area contributed by atoms with E-state index in [2.05, 4.69) is 0 Å². The van der Waals surface area contributed by atoms with Crippen LogP contribution in [0, 0.1) is 11.3 Å². The minimum Gasteiger partial charge on any atom is -0.492 e. The van der Waals surface area contributed by atoms with Gasteiger partial charge >= 0.3 is 5.97 Å². The third-order valence-electron chi connectivity index (χ3n) is 3.51. The van der Waals surface area contributed by atoms with Crippen LogP contribution in [-0.2, 0) is 9.59 Å². The Hall–Kier alpha value is -2.46. The average Bonchev–Trinajstić information content (AvgIpc) is 2.51. The standard InChI is InChI=1S/C15H12N2O4S/c16-6-9-2-1-3-10(4-9)21-8-12-11(15(19)20)7-17-13(18)5-14(17)22-12/h1-4,7,12,14H,5,8H2,(H,19,20)/t12?,14-/m1/s1. The van der Waals surface area contributed by atoms with Gasteiger partial charge < -0.3 is 14.7 Å². The van der Waals surface area contributed by atoms with Gasteiger partial charge in [0, 0.05) is 6.20 Å². The van der Waals surface area contributed by atoms with Gasteiger partial charge in [-0.15, -0.1) is 11.8 Å². The van der Waals surface area contributed by atoms with Crippen molar-refractivity contribution < 1.29 is 19.4 Å². The van der Waals surface area contributed by atoms with Gasteiger partial charge in [-0.3, -0.25) is 4.79 Å². The van der Waals surface area contributed by atoms with E-state index in [1.165, 1.54) is 22.9 Å². The molecule has 112 valence electrons. The Morgan fingerprint density at radius 3 is 3.05 bits per heavy atom. The highest BCUT2D eigenvalue weighted by atomic mass is 32.2. The van der Waals surface area contributed by atoms with Crippen molar-refractivity contribution in [1.29, 1.82) is 5.26 Å². The number of aliphatic carboxylic acids is 1. The molecule has 1 amide bonds. The van der Waals surface area contributed by atoms with Crippen molar-refractivity contribution in [3.63, 3.8) is 0 Å². The fraction of sp³-hybridized carbons (Fsp3) is 0.267. The van der Waals surface area contributed by atoms with Gasteiger partial charge in [0.05, 0.1) is 34.3 Å². The molecular formula is C15H12N2O4S. The van der Waals surface area contributed by atoms with Gasteiger partial charge in [-0.05, 0) is 18.2 Å². The summed E-state index contributed by atoms with van der Waals surface area (Å²) in [7, 11) is 0. The van der Waals surface area contributed by atoms with E-state index in [4.69, 9.17) is 10.00 Å². The molecule has 1 aromatic carbocycles. The van der Waals surface area contributed by atoms with E-state index in [1.54, 1.807) is 24.3 Å². The highest BCUT2D eigenvalue weighted by Gasteiger charge is 2.43. The van der Waals surface area contributed by atoms with Crippen molar-refractivity contribution in [2.45, 2.75) is 17.0 Å². The fourth-order valence-corrected chi connectivity index (χ4v) is 3.70. The summed E-state index contributed by atoms with van der Waals surface area (Å²) in [5, 5.41) is 17.8. The number of carbonyl (C=O) groups is 2. The Labute approximate surface area is 131 Å². The van der Waals surface area contributed by atoms with Gasteiger partial charge in [0.2, 0.25) is 5.91 Å². The summed E-state index contributed by atoms with van der Waals surface area (Å²) in [6.07, 6.45) is 1.84. The van der Waals surface area contributed by atoms with Crippen LogP contribution in [0.15, 0.2) is 36.0 Å². The second kappa shape index (κ2) is 5.73. The number of benzene rings is 1. The van der Waals surface area contributed by atoms with Crippen molar-refractivity contribution >= 4 is 23.6 Å². The Balaban J connectivity index is 1.72. The zero-order chi connectivity index (χ0) is 15.7. The topological polar surface area (TPSA) is 90.6 Å². The molecule has 1 N–H and O–H groups in total. The number of ether oxygens (including phenoxy) is 1. The number of rotatable bonds is 4. The minimum atomic E-state index is -1.05. The summed E-state index contributed by atoms with van der Waals surface area (Å²) < 4.78 is 5.62. The first kappa shape index (κ1) is 14.5. The monoisotopic (exact) mass is 316 g/mol. The number of amides is 1. The minimum absolute atomic E-state index is 0.00496. The second-order valence-corrected chi connectivity index (χ2v) is 6.31. The van der Waals surface area contributed by atoms with E-state index in [-0.39, 0.29) is 28.7 Å². The van der Waals surface area contributed by atoms with Gasteiger partial charge in [0.1, 0.15) is 12.4 Å². The third-order valence-corrected chi connectivity index (χ3v) is 4.93. The summed E-state index contributed by atoms with van der Waals surface area (Å²) in [5.74, 6) is -0.584. The fourth-order valence-electron chi connectivity index (χ4n) is 2.32. The van der Waals surface area contributed by atoms with Gasteiger partial charge in [-0.2, -0.15) is 5.26 Å². The molecule has 0 aromatic heterocycles. The predicted octanol–water partition coefficient (Wildman–Crippen LogP) is 1.58. The molecule has 1 unspecified atom stereocenters. The number of carboxylic acids is 1. The number of β-lactam (4-membered cyclic amide) rings is 1. The zero-order valence-corrected chi connectivity index (χ0v) is 12.2. The molecule has 2 aliphatic rings. The molecule has 2 aliphatic heterocycles. The molecule has 3 rings (SSSR count). The maximum Gasteiger partial charge on any atom is 0.334 e. The molecule has 1 aromatic rings. The Kier molecular flexibility index (Phi) is 3.77. The normalized spacial score (nSPS) is 23.0. The van der Waals surface area contributed by atoms with Gasteiger partial charge in [0.15, 0.2) is 0 Å². The van der Waals surface area contributed by atoms with Crippen molar-refractivity contribution in [2.75, 3.05) is 6.61 Å². The summed E-state index contributed by atoms with van der Waals surface area (Å²) >= 11 is 1.42. The maximum absolute atomic E-state index is 11.4. The van der Waals surface area contributed by atoms with Crippen LogP contribution in [-0.4, -0.2) is 39.1 Å². The van der Waals surface area contributed by atoms with E-state index >= 15 is 0 Å². The third kappa shape index (κ3) is 2.65. The molecule has 1 fully saturated rings. The molecule has 0 radical (unpaired) electrons. The van der Waals surface area contributed by atoms with Crippen LogP contribution in [0.3, 0.4) is 0 Å². The quantitative estimate of drug-likeness (QED) is 0.848. The van der Waals surface area contributed by atoms with Gasteiger partial charge in [-0.1, -0.05) is 6.07 Å². The maximum atomic E-state index is 11.4. The summed E-state index contributed by atoms with van der Waals surface area (Å²) in [6.45, 7) is 0.177. The number of carboxylic acid groups (broad SMARTS) is 1. The van der Waals surface area contributed by atoms with E-state index in [0.717, 1.165) is 0 Å². The van der Waals surface area contributed by atoms with Crippen LogP contribution in [0.5, 0.6) is 5.75 Å². The van der Waals surface area contributed by atoms with Crippen LogP contribution in [0.1, 0.15) is 12.0 Å². The number of carbonyl (C=O) groups excluding carboxylic acids is 1. The van der Waals surface area contributed by atoms with E-state index in [0.29, 0.717) is 17.7 Å². The molecule has 0 bridgehead atoms. The van der Waals surface area contributed by atoms with Crippen LogP contribution in [0.4, 0.5) is 0 Å². The Morgan fingerprint density at radius 1 is 1.55 bits per heavy atom. The molecule has 0 aliphatic carbocycles. The van der Waals surface area contributed by atoms with Crippen LogP contribution >= 0.6 is 11.8 Å². The van der Waals surface area contributed by atoms with E-state index in [9.17, 15) is 14.7 Å². The van der Waals surface area contributed by atoms with Crippen molar-refractivity contribution in [3.8, 4) is 11.8 Å². The Bertz CT molecular complexity index is 710. The SMILES string of the molecule is N#Cc1cccc(OCC2S[C@@H]3CC(=O)N3C=C2C(=O)O)c1. The molecular weight excluding hydrogens is 304 g/mol. The van der Waals surface area contributed by atoms with E-state index < -0.39 is 5.97 Å². The predicted molar refractivity (Wildman–Crippen MR) is 79.0 cm³/mol. The van der Waals surface area contributed by atoms with Crippen LogP contribution in [0.2, 0.25) is 0 Å². The lowest BCUT2D eigenvalue weighted by atomic mass is 10.1. The largest absolute Gasteiger partial charge is 0.492 e. The van der Waals surface area contributed by atoms with Crippen molar-refractivity contribution in [3.05, 3.63) is 41.6 Å². The lowest BCUT2D eigenvalue weighted by molar-refractivity contribution is -0.138. The van der Waals surface area contributed by atoms with Crippen molar-refractivity contribution in [1.82, 2.24) is 4.90 Å². The molecule has 0 saturated carbocycles. The zero-order valence-electron chi connectivity index (χ0n) is 11.4. The van der Waals surface area contributed by atoms with Gasteiger partial charge in [0.25, 0.3) is 0 Å². The second-order valence-electron chi connectivity index (χ2n) is 4.92. The highest BCUT2D eigenvalue weighted by Crippen LogP contribution is 2.40. The first-order valence-electron chi connectivity index (χ1n) is 6.63. The molecule has 2 heterocycles. The number of hydrogen-bond acceptors (Lipinski definition) is 5. The highest BCUT2D eigenvalue weighted by molar-refractivity contribution is 8.00. The summed E-state index contributed by atoms with van der Waals surface area (Å²) in [6, 6.07) is 8.73. The van der Waals surface area contributed by atoms with Gasteiger partial charge in [-0.25, -0.2) is 4.79 Å². The number of hydrogen-bond donors (Lipinski definition) is 1.